The van der Waals surface area contributed by atoms with Gasteiger partial charge in [-0.15, -0.1) is 0 Å². The van der Waals surface area contributed by atoms with Crippen molar-refractivity contribution in [1.29, 1.82) is 0 Å². The molecule has 4 aromatic carbocycles. The van der Waals surface area contributed by atoms with Crippen LogP contribution < -0.4 is 15.9 Å². The predicted octanol–water partition coefficient (Wildman–Crippen LogP) is 5.12. The second-order valence-electron chi connectivity index (χ2n) is 7.29. The molecule has 32 heavy (non-hydrogen) atoms. The normalized spacial score (nSPS) is 11.5. The summed E-state index contributed by atoms with van der Waals surface area (Å²) in [6, 6.07) is 36.9. The van der Waals surface area contributed by atoms with Gasteiger partial charge in [0.1, 0.15) is 0 Å². The Balaban J connectivity index is 1.82. The van der Waals surface area contributed by atoms with Crippen LogP contribution in [0, 0.1) is 0 Å². The first-order valence-electron chi connectivity index (χ1n) is 10.3. The molecule has 0 N–H and O–H groups in total. The Kier molecular flexibility index (Phi) is 6.84. The molecule has 0 aromatic heterocycles. The molecule has 0 aliphatic carbocycles. The van der Waals surface area contributed by atoms with Gasteiger partial charge in [0.05, 0.1) is 0 Å². The molecule has 0 bridgehead atoms. The molecule has 0 aliphatic rings. The third-order valence-corrected chi connectivity index (χ3v) is 9.86. The van der Waals surface area contributed by atoms with Crippen LogP contribution >= 0.6 is 19.3 Å². The van der Waals surface area contributed by atoms with E-state index < -0.39 is 7.49 Å². The van der Waals surface area contributed by atoms with Gasteiger partial charge in [-0.3, -0.25) is 0 Å². The number of carbonyl (C=O) groups is 2. The molecular formula is C27H23O3PS. The standard InChI is InChI=1S/C27H23O3PS/c1-21(28)32-26-19-17-22(18-20-26)27(29)30-31(23-11-5-2-6-12-23,24-13-7-3-8-14-24)25-15-9-4-10-16-25/h2-20,31H,1H3. The van der Waals surface area contributed by atoms with Crippen molar-refractivity contribution in [2.45, 2.75) is 11.8 Å². The zero-order valence-corrected chi connectivity index (χ0v) is 19.4. The first-order chi connectivity index (χ1) is 15.6. The molecule has 5 heteroatoms. The van der Waals surface area contributed by atoms with Crippen molar-refractivity contribution in [2.24, 2.45) is 0 Å². The molecule has 3 nitrogen and oxygen atoms in total. The van der Waals surface area contributed by atoms with Crippen LogP contribution in [-0.2, 0) is 9.32 Å². The molecule has 0 radical (unpaired) electrons. The van der Waals surface area contributed by atoms with Gasteiger partial charge >= 0.3 is 193 Å². The van der Waals surface area contributed by atoms with Gasteiger partial charge in [-0.25, -0.2) is 0 Å². The van der Waals surface area contributed by atoms with E-state index in [1.54, 1.807) is 24.3 Å². The molecule has 4 aromatic rings. The van der Waals surface area contributed by atoms with Gasteiger partial charge in [0.15, 0.2) is 0 Å². The summed E-state index contributed by atoms with van der Waals surface area (Å²) < 4.78 is 6.53. The van der Waals surface area contributed by atoms with E-state index in [2.05, 4.69) is 0 Å². The number of rotatable bonds is 6. The fourth-order valence-electron chi connectivity index (χ4n) is 3.72. The van der Waals surface area contributed by atoms with Gasteiger partial charge in [0.2, 0.25) is 0 Å². The molecular weight excluding hydrogens is 435 g/mol. The average molecular weight is 459 g/mol. The van der Waals surface area contributed by atoms with E-state index in [9.17, 15) is 9.59 Å². The Morgan fingerprint density at radius 1 is 0.625 bits per heavy atom. The second kappa shape index (κ2) is 9.95. The van der Waals surface area contributed by atoms with Crippen molar-refractivity contribution in [2.75, 3.05) is 0 Å². The minimum absolute atomic E-state index is 0.00369. The molecule has 0 saturated carbocycles. The minimum atomic E-state index is -3.12. The molecule has 0 saturated heterocycles. The molecule has 160 valence electrons. The van der Waals surface area contributed by atoms with Gasteiger partial charge in [-0.05, 0) is 0 Å². The summed E-state index contributed by atoms with van der Waals surface area (Å²) in [6.45, 7) is 1.52. The van der Waals surface area contributed by atoms with E-state index in [4.69, 9.17) is 4.52 Å². The van der Waals surface area contributed by atoms with Crippen molar-refractivity contribution in [1.82, 2.24) is 0 Å². The topological polar surface area (TPSA) is 43.4 Å². The van der Waals surface area contributed by atoms with Crippen LogP contribution in [0.3, 0.4) is 0 Å². The summed E-state index contributed by atoms with van der Waals surface area (Å²) in [6.07, 6.45) is 0. The van der Waals surface area contributed by atoms with Crippen LogP contribution in [-0.4, -0.2) is 11.1 Å². The average Bonchev–Trinajstić information content (AvgIpc) is 2.84. The number of carbonyl (C=O) groups excluding carboxylic acids is 2. The van der Waals surface area contributed by atoms with Gasteiger partial charge in [0, 0.05) is 0 Å². The first-order valence-corrected chi connectivity index (χ1v) is 13.0. The Hall–Kier alpha value is -3.20. The van der Waals surface area contributed by atoms with E-state index in [-0.39, 0.29) is 11.1 Å². The molecule has 0 spiro atoms. The molecule has 4 rings (SSSR count). The molecule has 0 atom stereocenters. The van der Waals surface area contributed by atoms with E-state index in [1.807, 2.05) is 91.0 Å². The van der Waals surface area contributed by atoms with Crippen molar-refractivity contribution >= 4 is 46.2 Å². The maximum atomic E-state index is 13.5. The van der Waals surface area contributed by atoms with Crippen molar-refractivity contribution in [3.05, 3.63) is 121 Å². The number of benzene rings is 4. The van der Waals surface area contributed by atoms with Crippen LogP contribution in [0.25, 0.3) is 0 Å². The first kappa shape index (κ1) is 22.0. The van der Waals surface area contributed by atoms with E-state index in [0.29, 0.717) is 5.56 Å². The second-order valence-corrected chi connectivity index (χ2v) is 11.8. The van der Waals surface area contributed by atoms with E-state index >= 15 is 0 Å². The number of hydrogen-bond donors (Lipinski definition) is 0. The third-order valence-electron chi connectivity index (χ3n) is 5.14. The summed E-state index contributed by atoms with van der Waals surface area (Å²) in [5.41, 5.74) is 0.456. The third kappa shape index (κ3) is 4.67. The zero-order chi connectivity index (χ0) is 22.4. The Labute approximate surface area is 192 Å². The van der Waals surface area contributed by atoms with Crippen molar-refractivity contribution in [3.8, 4) is 0 Å². The Morgan fingerprint density at radius 2 is 1.03 bits per heavy atom. The fourth-order valence-corrected chi connectivity index (χ4v) is 8.06. The van der Waals surface area contributed by atoms with Crippen LogP contribution in [0.4, 0.5) is 0 Å². The molecule has 0 fully saturated rings. The monoisotopic (exact) mass is 458 g/mol. The Morgan fingerprint density at radius 3 is 1.41 bits per heavy atom. The predicted molar refractivity (Wildman–Crippen MR) is 135 cm³/mol. The van der Waals surface area contributed by atoms with Gasteiger partial charge < -0.3 is 0 Å². The summed E-state index contributed by atoms with van der Waals surface area (Å²) in [5.74, 6) is -0.382. The molecule has 0 aliphatic heterocycles. The quantitative estimate of drug-likeness (QED) is 0.297. The molecule has 0 amide bonds. The molecule has 0 heterocycles. The molecule has 0 unspecified atom stereocenters. The summed E-state index contributed by atoms with van der Waals surface area (Å²) >= 11 is 1.14. The van der Waals surface area contributed by atoms with Crippen molar-refractivity contribution in [3.63, 3.8) is 0 Å². The number of thioether (sulfide) groups is 1. The van der Waals surface area contributed by atoms with Crippen LogP contribution in [0.15, 0.2) is 120 Å². The van der Waals surface area contributed by atoms with E-state index in [0.717, 1.165) is 32.6 Å². The fraction of sp³-hybridized carbons (Fsp3) is 0.0370. The van der Waals surface area contributed by atoms with Gasteiger partial charge in [0.25, 0.3) is 0 Å². The van der Waals surface area contributed by atoms with Gasteiger partial charge in [-0.1, -0.05) is 0 Å². The summed E-state index contributed by atoms with van der Waals surface area (Å²) in [5, 5.41) is 2.99. The maximum absolute atomic E-state index is 13.5. The summed E-state index contributed by atoms with van der Waals surface area (Å²) in [4.78, 5) is 25.6. The van der Waals surface area contributed by atoms with Crippen LogP contribution in [0.5, 0.6) is 0 Å². The SMILES string of the molecule is CC(=O)Sc1ccc(C(=O)O[PH](c2ccccc2)(c2ccccc2)c2ccccc2)cc1. The van der Waals surface area contributed by atoms with Gasteiger partial charge in [-0.2, -0.15) is 0 Å². The number of hydrogen-bond acceptors (Lipinski definition) is 4. The van der Waals surface area contributed by atoms with Crippen LogP contribution in [0.1, 0.15) is 17.3 Å². The summed E-state index contributed by atoms with van der Waals surface area (Å²) in [7, 11) is -3.12. The zero-order valence-electron chi connectivity index (χ0n) is 17.6. The van der Waals surface area contributed by atoms with E-state index in [1.165, 1.54) is 6.92 Å². The van der Waals surface area contributed by atoms with Crippen LogP contribution in [0.2, 0.25) is 0 Å². The van der Waals surface area contributed by atoms with Crippen molar-refractivity contribution < 1.29 is 14.1 Å². The Bertz CT molecular complexity index is 1100.